The van der Waals surface area contributed by atoms with Crippen LogP contribution in [0.5, 0.6) is 0 Å². The highest BCUT2D eigenvalue weighted by Crippen LogP contribution is 2.24. The smallest absolute Gasteiger partial charge is 0.326 e. The minimum absolute atomic E-state index is 0.364. The molecule has 1 N–H and O–H groups in total. The fraction of sp³-hybridized carbons (Fsp3) is 0.400. The van der Waals surface area contributed by atoms with E-state index in [1.165, 1.54) is 0 Å². The molecule has 2 heterocycles. The van der Waals surface area contributed by atoms with Crippen LogP contribution in [0.4, 0.5) is 5.69 Å². The molecule has 74 valence electrons. The van der Waals surface area contributed by atoms with Gasteiger partial charge in [0.15, 0.2) is 0 Å². The Morgan fingerprint density at radius 1 is 1.50 bits per heavy atom. The molecule has 1 aromatic heterocycles. The Bertz CT molecular complexity index is 326. The molecule has 0 bridgehead atoms. The third-order valence-corrected chi connectivity index (χ3v) is 2.53. The molecule has 4 nitrogen and oxygen atoms in total. The molecule has 1 saturated heterocycles. The third kappa shape index (κ3) is 1.55. The number of aromatic nitrogens is 1. The number of anilines is 1. The number of hydrogen-bond acceptors (Lipinski definition) is 3. The first-order valence-corrected chi connectivity index (χ1v) is 4.68. The number of aliphatic carboxylic acids is 1. The number of pyridine rings is 1. The average molecular weight is 192 g/mol. The van der Waals surface area contributed by atoms with Gasteiger partial charge in [-0.2, -0.15) is 0 Å². The van der Waals surface area contributed by atoms with Crippen LogP contribution in [0, 0.1) is 0 Å². The topological polar surface area (TPSA) is 53.4 Å². The first-order chi connectivity index (χ1) is 6.79. The molecule has 4 heteroatoms. The van der Waals surface area contributed by atoms with Crippen LogP contribution in [-0.4, -0.2) is 28.6 Å². The summed E-state index contributed by atoms with van der Waals surface area (Å²) in [5.41, 5.74) is 0.949. The second kappa shape index (κ2) is 3.65. The van der Waals surface area contributed by atoms with Crippen LogP contribution in [0.15, 0.2) is 24.5 Å². The highest BCUT2D eigenvalue weighted by molar-refractivity contribution is 5.78. The van der Waals surface area contributed by atoms with Gasteiger partial charge in [-0.05, 0) is 25.0 Å². The Kier molecular flexibility index (Phi) is 2.35. The van der Waals surface area contributed by atoms with Crippen molar-refractivity contribution < 1.29 is 9.90 Å². The van der Waals surface area contributed by atoms with E-state index in [0.29, 0.717) is 0 Å². The monoisotopic (exact) mass is 192 g/mol. The predicted molar refractivity (Wildman–Crippen MR) is 52.2 cm³/mol. The summed E-state index contributed by atoms with van der Waals surface area (Å²) in [6.07, 6.45) is 5.05. The van der Waals surface area contributed by atoms with Gasteiger partial charge in [0.25, 0.3) is 0 Å². The van der Waals surface area contributed by atoms with Gasteiger partial charge in [0.1, 0.15) is 6.04 Å². The minimum Gasteiger partial charge on any atom is -0.480 e. The number of hydrogen-bond donors (Lipinski definition) is 1. The van der Waals surface area contributed by atoms with Crippen LogP contribution in [0.25, 0.3) is 0 Å². The van der Waals surface area contributed by atoms with Gasteiger partial charge in [0.2, 0.25) is 0 Å². The van der Waals surface area contributed by atoms with Crippen LogP contribution in [0.3, 0.4) is 0 Å². The van der Waals surface area contributed by atoms with E-state index in [0.717, 1.165) is 25.1 Å². The Morgan fingerprint density at radius 2 is 2.21 bits per heavy atom. The summed E-state index contributed by atoms with van der Waals surface area (Å²) in [6, 6.07) is 3.33. The van der Waals surface area contributed by atoms with Crippen molar-refractivity contribution in [2.45, 2.75) is 18.9 Å². The number of carbonyl (C=O) groups is 1. The first kappa shape index (κ1) is 8.99. The van der Waals surface area contributed by atoms with Crippen molar-refractivity contribution in [3.8, 4) is 0 Å². The molecule has 0 saturated carbocycles. The van der Waals surface area contributed by atoms with Crippen LogP contribution in [0.1, 0.15) is 12.8 Å². The lowest BCUT2D eigenvalue weighted by Crippen LogP contribution is -2.35. The Balaban J connectivity index is 2.22. The largest absolute Gasteiger partial charge is 0.480 e. The highest BCUT2D eigenvalue weighted by atomic mass is 16.4. The van der Waals surface area contributed by atoms with Crippen LogP contribution >= 0.6 is 0 Å². The lowest BCUT2D eigenvalue weighted by atomic mass is 10.2. The van der Waals surface area contributed by atoms with Gasteiger partial charge in [0, 0.05) is 24.6 Å². The number of carboxylic acids is 1. The standard InChI is InChI=1S/C10H12N2O2/c13-10(14)9-2-1-7-12(9)8-3-5-11-6-4-8/h3-6,9H,1-2,7H2,(H,13,14). The summed E-state index contributed by atoms with van der Waals surface area (Å²) in [5, 5.41) is 8.99. The van der Waals surface area contributed by atoms with Gasteiger partial charge in [-0.25, -0.2) is 4.79 Å². The Labute approximate surface area is 82.2 Å². The van der Waals surface area contributed by atoms with Crippen molar-refractivity contribution in [2.24, 2.45) is 0 Å². The predicted octanol–water partition coefficient (Wildman–Crippen LogP) is 1.14. The number of nitrogens with zero attached hydrogens (tertiary/aromatic N) is 2. The van der Waals surface area contributed by atoms with E-state index >= 15 is 0 Å². The van der Waals surface area contributed by atoms with Gasteiger partial charge in [-0.1, -0.05) is 0 Å². The lowest BCUT2D eigenvalue weighted by molar-refractivity contribution is -0.138. The van der Waals surface area contributed by atoms with Crippen LogP contribution in [0.2, 0.25) is 0 Å². The maximum atomic E-state index is 10.9. The number of rotatable bonds is 2. The maximum absolute atomic E-state index is 10.9. The molecule has 0 radical (unpaired) electrons. The first-order valence-electron chi connectivity index (χ1n) is 4.68. The molecule has 1 atom stereocenters. The van der Waals surface area contributed by atoms with E-state index in [2.05, 4.69) is 4.98 Å². The van der Waals surface area contributed by atoms with Crippen LogP contribution in [-0.2, 0) is 4.79 Å². The Hall–Kier alpha value is -1.58. The zero-order valence-electron chi connectivity index (χ0n) is 7.76. The molecule has 1 aromatic rings. The summed E-state index contributed by atoms with van der Waals surface area (Å²) in [5.74, 6) is -0.737. The van der Waals surface area contributed by atoms with Gasteiger partial charge in [0.05, 0.1) is 0 Å². The fourth-order valence-electron chi connectivity index (χ4n) is 1.87. The van der Waals surface area contributed by atoms with Gasteiger partial charge < -0.3 is 10.0 Å². The van der Waals surface area contributed by atoms with Crippen molar-refractivity contribution >= 4 is 11.7 Å². The lowest BCUT2D eigenvalue weighted by Gasteiger charge is -2.23. The second-order valence-corrected chi connectivity index (χ2v) is 3.40. The fourth-order valence-corrected chi connectivity index (χ4v) is 1.87. The van der Waals surface area contributed by atoms with Crippen molar-refractivity contribution in [3.63, 3.8) is 0 Å². The van der Waals surface area contributed by atoms with E-state index < -0.39 is 5.97 Å². The van der Waals surface area contributed by atoms with E-state index in [1.807, 2.05) is 17.0 Å². The molecule has 1 aliphatic rings. The zero-order chi connectivity index (χ0) is 9.97. The normalized spacial score (nSPS) is 21.1. The molecule has 0 aliphatic carbocycles. The Morgan fingerprint density at radius 3 is 2.86 bits per heavy atom. The SMILES string of the molecule is O=C(O)C1CCCN1c1ccncc1. The van der Waals surface area contributed by atoms with Crippen molar-refractivity contribution in [1.82, 2.24) is 4.98 Å². The third-order valence-electron chi connectivity index (χ3n) is 2.53. The van der Waals surface area contributed by atoms with E-state index in [9.17, 15) is 4.79 Å². The van der Waals surface area contributed by atoms with Gasteiger partial charge in [-0.15, -0.1) is 0 Å². The minimum atomic E-state index is -0.737. The molecule has 0 spiro atoms. The molecule has 0 aromatic carbocycles. The molecule has 2 rings (SSSR count). The molecule has 14 heavy (non-hydrogen) atoms. The summed E-state index contributed by atoms with van der Waals surface area (Å²) >= 11 is 0. The molecule has 1 fully saturated rings. The quantitative estimate of drug-likeness (QED) is 0.763. The van der Waals surface area contributed by atoms with Crippen LogP contribution < -0.4 is 4.90 Å². The van der Waals surface area contributed by atoms with Crippen molar-refractivity contribution in [2.75, 3.05) is 11.4 Å². The van der Waals surface area contributed by atoms with E-state index in [1.54, 1.807) is 12.4 Å². The molecule has 0 amide bonds. The van der Waals surface area contributed by atoms with Crippen molar-refractivity contribution in [3.05, 3.63) is 24.5 Å². The summed E-state index contributed by atoms with van der Waals surface area (Å²) in [4.78, 5) is 16.8. The van der Waals surface area contributed by atoms with E-state index in [4.69, 9.17) is 5.11 Å². The van der Waals surface area contributed by atoms with Gasteiger partial charge in [-0.3, -0.25) is 4.98 Å². The zero-order valence-corrected chi connectivity index (χ0v) is 7.76. The average Bonchev–Trinajstić information content (AvgIpc) is 2.67. The second-order valence-electron chi connectivity index (χ2n) is 3.40. The molecular formula is C10H12N2O2. The number of carboxylic acid groups (broad SMARTS) is 1. The van der Waals surface area contributed by atoms with Gasteiger partial charge >= 0.3 is 5.97 Å². The van der Waals surface area contributed by atoms with Crippen molar-refractivity contribution in [1.29, 1.82) is 0 Å². The van der Waals surface area contributed by atoms with E-state index in [-0.39, 0.29) is 6.04 Å². The summed E-state index contributed by atoms with van der Waals surface area (Å²) in [7, 11) is 0. The molecule has 1 unspecified atom stereocenters. The highest BCUT2D eigenvalue weighted by Gasteiger charge is 2.30. The maximum Gasteiger partial charge on any atom is 0.326 e. The summed E-state index contributed by atoms with van der Waals surface area (Å²) < 4.78 is 0. The molecular weight excluding hydrogens is 180 g/mol. The summed E-state index contributed by atoms with van der Waals surface area (Å²) in [6.45, 7) is 0.820. The molecule has 1 aliphatic heterocycles.